The molecule has 17 heavy (non-hydrogen) atoms. The van der Waals surface area contributed by atoms with Crippen molar-refractivity contribution >= 4 is 29.4 Å². The minimum Gasteiger partial charge on any atom is -0.393 e. The maximum absolute atomic E-state index is 13.4. The molecule has 6 nitrogen and oxygen atoms in total. The van der Waals surface area contributed by atoms with Crippen LogP contribution in [0, 0.1) is 5.82 Å². The lowest BCUT2D eigenvalue weighted by Gasteiger charge is -2.14. The summed E-state index contributed by atoms with van der Waals surface area (Å²) in [6.45, 7) is -0.160. The van der Waals surface area contributed by atoms with E-state index in [9.17, 15) is 9.18 Å². The zero-order chi connectivity index (χ0) is 12.4. The Balaban J connectivity index is 2.28. The van der Waals surface area contributed by atoms with Gasteiger partial charge in [-0.25, -0.2) is 9.18 Å². The van der Waals surface area contributed by atoms with Gasteiger partial charge in [-0.3, -0.25) is 9.40 Å². The number of hydrogen-bond donors (Lipinski definition) is 2. The Hall–Kier alpha value is -0.830. The third-order valence-electron chi connectivity index (χ3n) is 2.19. The number of nitrogens with one attached hydrogen (secondary N) is 1. The van der Waals surface area contributed by atoms with Crippen molar-refractivity contribution in [3.8, 4) is 0 Å². The van der Waals surface area contributed by atoms with Crippen LogP contribution in [0.15, 0.2) is 11.0 Å². The number of halogens is 2. The van der Waals surface area contributed by atoms with Gasteiger partial charge >= 0.3 is 5.69 Å². The van der Waals surface area contributed by atoms with Crippen molar-refractivity contribution in [2.24, 2.45) is 0 Å². The number of hydrogen-bond acceptors (Lipinski definition) is 6. The van der Waals surface area contributed by atoms with Gasteiger partial charge in [-0.15, -0.1) is 11.8 Å². The van der Waals surface area contributed by atoms with Crippen LogP contribution in [0.5, 0.6) is 0 Å². The van der Waals surface area contributed by atoms with Crippen molar-refractivity contribution in [2.45, 2.75) is 11.7 Å². The van der Waals surface area contributed by atoms with Crippen LogP contribution in [0.3, 0.4) is 0 Å². The molecule has 2 rings (SSSR count). The molecule has 9 heteroatoms. The summed E-state index contributed by atoms with van der Waals surface area (Å²) >= 11 is 6.54. The smallest absolute Gasteiger partial charge is 0.351 e. The van der Waals surface area contributed by atoms with Gasteiger partial charge < -0.3 is 9.84 Å². The number of rotatable bonds is 3. The number of thioether (sulfide) groups is 1. The second kappa shape index (κ2) is 5.21. The molecule has 0 spiro atoms. The Morgan fingerprint density at radius 3 is 3.18 bits per heavy atom. The molecule has 0 aliphatic carbocycles. The van der Waals surface area contributed by atoms with Gasteiger partial charge in [0.25, 0.3) is 0 Å². The predicted molar refractivity (Wildman–Crippen MR) is 61.4 cm³/mol. The van der Waals surface area contributed by atoms with Crippen molar-refractivity contribution in [2.75, 3.05) is 17.2 Å². The summed E-state index contributed by atoms with van der Waals surface area (Å²) in [5.41, 5.74) is -1.07. The molecule has 0 radical (unpaired) electrons. The molecule has 1 aromatic rings. The van der Waals surface area contributed by atoms with Crippen LogP contribution < -0.4 is 10.5 Å². The minimum absolute atomic E-state index is 0.160. The van der Waals surface area contributed by atoms with Gasteiger partial charge in [-0.05, 0) is 0 Å². The van der Waals surface area contributed by atoms with Gasteiger partial charge in [-0.1, -0.05) is 0 Å². The summed E-state index contributed by atoms with van der Waals surface area (Å²) in [4.78, 5) is 17.0. The minimum atomic E-state index is -0.749. The summed E-state index contributed by atoms with van der Waals surface area (Å²) < 4.78 is 19.7. The zero-order valence-electron chi connectivity index (χ0n) is 8.47. The van der Waals surface area contributed by atoms with E-state index in [1.165, 1.54) is 11.8 Å². The van der Waals surface area contributed by atoms with Crippen molar-refractivity contribution in [1.82, 2.24) is 9.55 Å². The van der Waals surface area contributed by atoms with E-state index in [2.05, 4.69) is 4.98 Å². The summed E-state index contributed by atoms with van der Waals surface area (Å²) in [6, 6.07) is 0. The maximum atomic E-state index is 13.4. The highest BCUT2D eigenvalue weighted by atomic mass is 35.5. The summed E-state index contributed by atoms with van der Waals surface area (Å²) in [5, 5.41) is 8.89. The van der Waals surface area contributed by atoms with Gasteiger partial charge in [0.15, 0.2) is 11.6 Å². The van der Waals surface area contributed by atoms with Gasteiger partial charge in [0.2, 0.25) is 0 Å². The highest BCUT2D eigenvalue weighted by molar-refractivity contribution is 8.00. The fourth-order valence-electron chi connectivity index (χ4n) is 1.40. The molecule has 1 aromatic heterocycles. The normalized spacial score (nSPS) is 23.9. The quantitative estimate of drug-likeness (QED) is 0.787. The lowest BCUT2D eigenvalue weighted by Crippen LogP contribution is -2.29. The Kier molecular flexibility index (Phi) is 3.87. The number of ether oxygens (including phenoxy) is 1. The summed E-state index contributed by atoms with van der Waals surface area (Å²) in [5.74, 6) is -0.627. The second-order valence-corrected chi connectivity index (χ2v) is 4.64. The molecule has 1 aliphatic rings. The SMILES string of the molecule is O=c1nc(NCl)c(F)cn1[C@@H]1CS[C@H](CO)O1. The summed E-state index contributed by atoms with van der Waals surface area (Å²) in [6.07, 6.45) is 0.349. The molecule has 2 heterocycles. The molecule has 0 unspecified atom stereocenters. The van der Waals surface area contributed by atoms with Crippen molar-refractivity contribution < 1.29 is 14.2 Å². The zero-order valence-corrected chi connectivity index (χ0v) is 10.0. The third kappa shape index (κ3) is 2.54. The topological polar surface area (TPSA) is 76.4 Å². The summed E-state index contributed by atoms with van der Waals surface area (Å²) in [7, 11) is 0. The Bertz CT molecular complexity index is 472. The van der Waals surface area contributed by atoms with Crippen LogP contribution >= 0.6 is 23.5 Å². The highest BCUT2D eigenvalue weighted by Gasteiger charge is 2.28. The maximum Gasteiger partial charge on any atom is 0.351 e. The van der Waals surface area contributed by atoms with E-state index in [-0.39, 0.29) is 12.4 Å². The average molecular weight is 282 g/mol. The van der Waals surface area contributed by atoms with Crippen LogP contribution in [0.1, 0.15) is 6.23 Å². The molecule has 2 atom stereocenters. The predicted octanol–water partition coefficient (Wildman–Crippen LogP) is 0.528. The lowest BCUT2D eigenvalue weighted by atomic mass is 10.5. The van der Waals surface area contributed by atoms with Gasteiger partial charge in [0, 0.05) is 17.5 Å². The lowest BCUT2D eigenvalue weighted by molar-refractivity contribution is -0.00677. The molecule has 1 saturated heterocycles. The molecular formula is C8H9ClFN3O3S. The molecule has 1 aliphatic heterocycles. The number of aliphatic hydroxyl groups excluding tert-OH is 1. The molecule has 0 saturated carbocycles. The highest BCUT2D eigenvalue weighted by Crippen LogP contribution is 2.30. The number of nitrogens with zero attached hydrogens (tertiary/aromatic N) is 2. The Labute approximate surface area is 105 Å². The fraction of sp³-hybridized carbons (Fsp3) is 0.500. The van der Waals surface area contributed by atoms with E-state index in [4.69, 9.17) is 21.6 Å². The van der Waals surface area contributed by atoms with E-state index in [0.717, 1.165) is 10.8 Å². The van der Waals surface area contributed by atoms with Gasteiger partial charge in [0.05, 0.1) is 12.8 Å². The van der Waals surface area contributed by atoms with Crippen molar-refractivity contribution in [3.63, 3.8) is 0 Å². The standard InChI is InChI=1S/C8H9ClFN3O3S/c9-12-7-4(10)1-13(8(15)11-7)5-3-17-6(2-14)16-5/h1,5-6,14H,2-3H2,(H,11,12,15)/t5-,6+/m0/s1. The van der Waals surface area contributed by atoms with Crippen LogP contribution in [-0.4, -0.2) is 32.5 Å². The van der Waals surface area contributed by atoms with E-state index < -0.39 is 23.2 Å². The first-order valence-corrected chi connectivity index (χ1v) is 6.11. The van der Waals surface area contributed by atoms with Crippen LogP contribution in [-0.2, 0) is 4.74 Å². The Morgan fingerprint density at radius 1 is 1.82 bits per heavy atom. The van der Waals surface area contributed by atoms with E-state index in [1.807, 2.05) is 4.84 Å². The first kappa shape index (κ1) is 12.6. The largest absolute Gasteiger partial charge is 0.393 e. The third-order valence-corrected chi connectivity index (χ3v) is 3.48. The average Bonchev–Trinajstić information content (AvgIpc) is 2.80. The number of aliphatic hydroxyl groups is 1. The van der Waals surface area contributed by atoms with Crippen molar-refractivity contribution in [3.05, 3.63) is 22.5 Å². The monoisotopic (exact) mass is 281 g/mol. The first-order chi connectivity index (χ1) is 8.15. The fourth-order valence-corrected chi connectivity index (χ4v) is 2.47. The Morgan fingerprint density at radius 2 is 2.59 bits per heavy atom. The van der Waals surface area contributed by atoms with Gasteiger partial charge in [-0.2, -0.15) is 4.98 Å². The molecule has 0 amide bonds. The molecule has 0 aromatic carbocycles. The van der Waals surface area contributed by atoms with E-state index in [1.54, 1.807) is 0 Å². The first-order valence-electron chi connectivity index (χ1n) is 4.69. The van der Waals surface area contributed by atoms with Crippen LogP contribution in [0.2, 0.25) is 0 Å². The van der Waals surface area contributed by atoms with E-state index in [0.29, 0.717) is 5.75 Å². The van der Waals surface area contributed by atoms with Crippen LogP contribution in [0.4, 0.5) is 10.2 Å². The van der Waals surface area contributed by atoms with Gasteiger partial charge in [0.1, 0.15) is 11.7 Å². The molecule has 0 bridgehead atoms. The second-order valence-electron chi connectivity index (χ2n) is 3.26. The van der Waals surface area contributed by atoms with E-state index >= 15 is 0 Å². The number of aromatic nitrogens is 2. The van der Waals surface area contributed by atoms with Crippen molar-refractivity contribution in [1.29, 1.82) is 0 Å². The number of anilines is 1. The molecule has 94 valence electrons. The van der Waals surface area contributed by atoms with Crippen LogP contribution in [0.25, 0.3) is 0 Å². The molecule has 1 fully saturated rings. The molecule has 2 N–H and O–H groups in total. The molecular weight excluding hydrogens is 273 g/mol.